The Hall–Kier alpha value is -3.12. The zero-order chi connectivity index (χ0) is 19.2. The summed E-state index contributed by atoms with van der Waals surface area (Å²) in [5, 5.41) is 9.89. The van der Waals surface area contributed by atoms with E-state index < -0.39 is 5.91 Å². The number of halogens is 1. The van der Waals surface area contributed by atoms with Crippen molar-refractivity contribution in [3.8, 4) is 0 Å². The van der Waals surface area contributed by atoms with Gasteiger partial charge in [-0.1, -0.05) is 60.1 Å². The molecular weight excluding hydrogens is 364 g/mol. The number of nitrogens with one attached hydrogen (secondary N) is 2. The maximum Gasteiger partial charge on any atom is 0.256 e. The third-order valence-electron chi connectivity index (χ3n) is 3.93. The number of hydrogen-bond acceptors (Lipinski definition) is 3. The van der Waals surface area contributed by atoms with Crippen LogP contribution in [0.4, 0.5) is 5.69 Å². The quantitative estimate of drug-likeness (QED) is 0.687. The van der Waals surface area contributed by atoms with Gasteiger partial charge in [0.1, 0.15) is 5.15 Å². The maximum absolute atomic E-state index is 12.5. The van der Waals surface area contributed by atoms with E-state index in [2.05, 4.69) is 15.7 Å². The predicted molar refractivity (Wildman–Crippen MR) is 105 cm³/mol. The van der Waals surface area contributed by atoms with Crippen molar-refractivity contribution in [1.82, 2.24) is 15.1 Å². The Morgan fingerprint density at radius 3 is 2.33 bits per heavy atom. The summed E-state index contributed by atoms with van der Waals surface area (Å²) in [5.41, 5.74) is 2.48. The fourth-order valence-corrected chi connectivity index (χ4v) is 2.97. The highest BCUT2D eigenvalue weighted by atomic mass is 35.5. The smallest absolute Gasteiger partial charge is 0.256 e. The van der Waals surface area contributed by atoms with Crippen molar-refractivity contribution in [2.24, 2.45) is 0 Å². The highest BCUT2D eigenvalue weighted by Crippen LogP contribution is 2.20. The van der Waals surface area contributed by atoms with Crippen LogP contribution in [0.1, 0.15) is 21.6 Å². The minimum Gasteiger partial charge on any atom is -0.343 e. The third kappa shape index (κ3) is 4.74. The average molecular weight is 383 g/mol. The lowest BCUT2D eigenvalue weighted by molar-refractivity contribution is -0.115. The molecule has 1 aromatic heterocycles. The van der Waals surface area contributed by atoms with Crippen LogP contribution in [0.15, 0.2) is 60.7 Å². The second-order valence-electron chi connectivity index (χ2n) is 5.99. The number of anilines is 1. The molecule has 138 valence electrons. The molecule has 0 aliphatic carbocycles. The van der Waals surface area contributed by atoms with Crippen molar-refractivity contribution in [2.45, 2.75) is 13.5 Å². The van der Waals surface area contributed by atoms with Crippen molar-refractivity contribution in [3.63, 3.8) is 0 Å². The van der Waals surface area contributed by atoms with Gasteiger partial charge in [-0.25, -0.2) is 4.68 Å². The molecule has 0 saturated heterocycles. The summed E-state index contributed by atoms with van der Waals surface area (Å²) in [6.07, 6.45) is 0. The summed E-state index contributed by atoms with van der Waals surface area (Å²) in [6.45, 7) is 2.02. The van der Waals surface area contributed by atoms with E-state index >= 15 is 0 Å². The van der Waals surface area contributed by atoms with Gasteiger partial charge in [0.05, 0.1) is 24.3 Å². The van der Waals surface area contributed by atoms with E-state index in [4.69, 9.17) is 11.6 Å². The Balaban J connectivity index is 1.63. The van der Waals surface area contributed by atoms with Crippen molar-refractivity contribution >= 4 is 29.1 Å². The molecule has 7 heteroatoms. The molecule has 6 nitrogen and oxygen atoms in total. The van der Waals surface area contributed by atoms with E-state index in [9.17, 15) is 9.59 Å². The van der Waals surface area contributed by atoms with Crippen LogP contribution in [0.25, 0.3) is 0 Å². The average Bonchev–Trinajstić information content (AvgIpc) is 2.95. The second-order valence-corrected chi connectivity index (χ2v) is 6.35. The van der Waals surface area contributed by atoms with Gasteiger partial charge in [0.25, 0.3) is 5.91 Å². The number of carbonyl (C=O) groups is 2. The first-order valence-corrected chi connectivity index (χ1v) is 8.82. The molecule has 0 bridgehead atoms. The Morgan fingerprint density at radius 2 is 1.67 bits per heavy atom. The van der Waals surface area contributed by atoms with E-state index in [-0.39, 0.29) is 23.2 Å². The summed E-state index contributed by atoms with van der Waals surface area (Å²) in [7, 11) is 0. The summed E-state index contributed by atoms with van der Waals surface area (Å²) in [6, 6.07) is 18.7. The van der Waals surface area contributed by atoms with Crippen LogP contribution in [-0.4, -0.2) is 28.1 Å². The summed E-state index contributed by atoms with van der Waals surface area (Å²) in [5.74, 6) is -0.750. The first kappa shape index (κ1) is 18.7. The monoisotopic (exact) mass is 382 g/mol. The van der Waals surface area contributed by atoms with Gasteiger partial charge < -0.3 is 10.6 Å². The molecule has 0 fully saturated rings. The Kier molecular flexibility index (Phi) is 5.88. The molecule has 0 aliphatic rings. The van der Waals surface area contributed by atoms with E-state index in [0.717, 1.165) is 5.56 Å². The van der Waals surface area contributed by atoms with Crippen LogP contribution in [0, 0.1) is 6.92 Å². The summed E-state index contributed by atoms with van der Waals surface area (Å²) >= 11 is 6.36. The number of rotatable bonds is 6. The molecule has 0 atom stereocenters. The number of amides is 2. The van der Waals surface area contributed by atoms with E-state index in [1.165, 1.54) is 0 Å². The van der Waals surface area contributed by atoms with Gasteiger partial charge in [0.15, 0.2) is 0 Å². The topological polar surface area (TPSA) is 76.0 Å². The molecule has 1 heterocycles. The molecule has 0 unspecified atom stereocenters. The standard InChI is InChI=1S/C20H19ClN4O2/c1-14-18(19(21)25(24-14)13-15-8-4-2-5-9-15)20(27)22-12-17(26)23-16-10-6-3-7-11-16/h2-11H,12-13H2,1H3,(H,22,27)(H,23,26). The molecule has 2 amide bonds. The first-order chi connectivity index (χ1) is 13.0. The lowest BCUT2D eigenvalue weighted by atomic mass is 10.2. The summed E-state index contributed by atoms with van der Waals surface area (Å²) < 4.78 is 1.57. The Bertz CT molecular complexity index is 939. The van der Waals surface area contributed by atoms with Crippen LogP contribution < -0.4 is 10.6 Å². The number of carbonyl (C=O) groups excluding carboxylic acids is 2. The lowest BCUT2D eigenvalue weighted by Crippen LogP contribution is -2.33. The molecule has 0 spiro atoms. The van der Waals surface area contributed by atoms with Crippen molar-refractivity contribution in [3.05, 3.63) is 82.6 Å². The zero-order valence-corrected chi connectivity index (χ0v) is 15.5. The number of aromatic nitrogens is 2. The molecule has 3 aromatic rings. The minimum absolute atomic E-state index is 0.159. The van der Waals surface area contributed by atoms with Crippen LogP contribution in [-0.2, 0) is 11.3 Å². The molecule has 27 heavy (non-hydrogen) atoms. The van der Waals surface area contributed by atoms with Crippen LogP contribution in [0.2, 0.25) is 5.15 Å². The number of aryl methyl sites for hydroxylation is 1. The third-order valence-corrected chi connectivity index (χ3v) is 4.32. The zero-order valence-electron chi connectivity index (χ0n) is 14.8. The van der Waals surface area contributed by atoms with Gasteiger partial charge in [0.2, 0.25) is 5.91 Å². The van der Waals surface area contributed by atoms with Gasteiger partial charge in [-0.05, 0) is 24.6 Å². The van der Waals surface area contributed by atoms with Crippen LogP contribution in [0.3, 0.4) is 0 Å². The maximum atomic E-state index is 12.5. The molecule has 0 aliphatic heterocycles. The van der Waals surface area contributed by atoms with E-state index in [0.29, 0.717) is 17.9 Å². The van der Waals surface area contributed by atoms with Crippen molar-refractivity contribution < 1.29 is 9.59 Å². The molecular formula is C20H19ClN4O2. The molecule has 3 rings (SSSR count). The highest BCUT2D eigenvalue weighted by Gasteiger charge is 2.20. The van der Waals surface area contributed by atoms with Crippen molar-refractivity contribution in [1.29, 1.82) is 0 Å². The van der Waals surface area contributed by atoms with Gasteiger partial charge >= 0.3 is 0 Å². The van der Waals surface area contributed by atoms with E-state index in [1.807, 2.05) is 48.5 Å². The summed E-state index contributed by atoms with van der Waals surface area (Å²) in [4.78, 5) is 24.5. The van der Waals surface area contributed by atoms with E-state index in [1.54, 1.807) is 23.7 Å². The predicted octanol–water partition coefficient (Wildman–Crippen LogP) is 3.26. The number of nitrogens with zero attached hydrogens (tertiary/aromatic N) is 2. The number of hydrogen-bond donors (Lipinski definition) is 2. The Labute approximate surface area is 162 Å². The SMILES string of the molecule is Cc1nn(Cc2ccccc2)c(Cl)c1C(=O)NCC(=O)Nc1ccccc1. The highest BCUT2D eigenvalue weighted by molar-refractivity contribution is 6.33. The number of benzene rings is 2. The Morgan fingerprint density at radius 1 is 1.04 bits per heavy atom. The van der Waals surface area contributed by atoms with Gasteiger partial charge in [-0.15, -0.1) is 0 Å². The molecule has 2 aromatic carbocycles. The molecule has 0 saturated carbocycles. The molecule has 2 N–H and O–H groups in total. The second kappa shape index (κ2) is 8.51. The fourth-order valence-electron chi connectivity index (χ4n) is 2.65. The fraction of sp³-hybridized carbons (Fsp3) is 0.150. The van der Waals surface area contributed by atoms with Crippen LogP contribution in [0.5, 0.6) is 0 Å². The normalized spacial score (nSPS) is 10.4. The van der Waals surface area contributed by atoms with Crippen molar-refractivity contribution in [2.75, 3.05) is 11.9 Å². The lowest BCUT2D eigenvalue weighted by Gasteiger charge is -2.07. The molecule has 0 radical (unpaired) electrons. The van der Waals surface area contributed by atoms with Crippen LogP contribution >= 0.6 is 11.6 Å². The first-order valence-electron chi connectivity index (χ1n) is 8.44. The van der Waals surface area contributed by atoms with Gasteiger partial charge in [-0.2, -0.15) is 5.10 Å². The van der Waals surface area contributed by atoms with Gasteiger partial charge in [0, 0.05) is 5.69 Å². The van der Waals surface area contributed by atoms with Gasteiger partial charge in [-0.3, -0.25) is 9.59 Å². The minimum atomic E-state index is -0.431. The largest absolute Gasteiger partial charge is 0.343 e. The number of para-hydroxylation sites is 1.